The van der Waals surface area contributed by atoms with Crippen LogP contribution < -0.4 is 15.4 Å². The number of aromatic carboxylic acids is 1. The Bertz CT molecular complexity index is 1280. The van der Waals surface area contributed by atoms with E-state index in [-0.39, 0.29) is 59.9 Å². The molecule has 1 aromatic heterocycles. The number of nitrogens with zero attached hydrogens (tertiary/aromatic N) is 3. The van der Waals surface area contributed by atoms with Gasteiger partial charge < -0.3 is 29.9 Å². The SMILES string of the molecule is CC(C)CC(=N)C(=O)N1CCC[C@@H]1c1nc(CNC(=O)CCCCCCCCNC(=O)COc2ccccc2C(=O)O)no1. The van der Waals surface area contributed by atoms with E-state index in [1.165, 1.54) is 12.1 Å². The van der Waals surface area contributed by atoms with Gasteiger partial charge in [-0.2, -0.15) is 4.98 Å². The number of aromatic nitrogens is 2. The Labute approximate surface area is 257 Å². The third kappa shape index (κ3) is 11.1. The number of hydrogen-bond donors (Lipinski definition) is 4. The van der Waals surface area contributed by atoms with Crippen LogP contribution in [-0.2, 0) is 20.9 Å². The number of unbranched alkanes of at least 4 members (excludes halogenated alkanes) is 5. The molecule has 1 aliphatic rings. The molecule has 44 heavy (non-hydrogen) atoms. The molecule has 2 aromatic rings. The number of para-hydroxylation sites is 1. The molecule has 3 amide bonds. The van der Waals surface area contributed by atoms with Crippen molar-refractivity contribution in [3.05, 3.63) is 41.5 Å². The Morgan fingerprint density at radius 3 is 2.55 bits per heavy atom. The average Bonchev–Trinajstić information content (AvgIpc) is 3.67. The van der Waals surface area contributed by atoms with Gasteiger partial charge in [0.2, 0.25) is 11.8 Å². The molecule has 0 bridgehead atoms. The van der Waals surface area contributed by atoms with Gasteiger partial charge >= 0.3 is 5.97 Å². The maximum Gasteiger partial charge on any atom is 0.339 e. The molecule has 0 unspecified atom stereocenters. The standard InChI is InChI=1S/C31H44N6O7/c1-21(2)18-23(32)30(40)37-17-11-13-24(37)29-35-26(36-44-29)19-34-27(38)15-7-5-3-4-6-10-16-33-28(39)20-43-25-14-9-8-12-22(25)31(41)42/h8-9,12,14,21,24,32H,3-7,10-11,13,15-20H2,1-2H3,(H,33,39)(H,34,38)(H,41,42)/t24-/m1/s1. The molecule has 0 spiro atoms. The minimum absolute atomic E-state index is 0.0147. The lowest BCUT2D eigenvalue weighted by Gasteiger charge is -2.22. The topological polar surface area (TPSA) is 188 Å². The van der Waals surface area contributed by atoms with Crippen molar-refractivity contribution >= 4 is 29.4 Å². The minimum Gasteiger partial charge on any atom is -0.483 e. The van der Waals surface area contributed by atoms with Crippen molar-refractivity contribution < 1.29 is 33.5 Å². The average molecular weight is 613 g/mol. The van der Waals surface area contributed by atoms with Gasteiger partial charge in [-0.3, -0.25) is 19.8 Å². The van der Waals surface area contributed by atoms with E-state index < -0.39 is 5.97 Å². The van der Waals surface area contributed by atoms with Crippen LogP contribution in [0.1, 0.15) is 106 Å². The second kappa shape index (κ2) is 17.7. The number of likely N-dealkylation sites (tertiary alicyclic amines) is 1. The first kappa shape index (κ1) is 34.2. The number of hydrogen-bond acceptors (Lipinski definition) is 9. The molecule has 1 aliphatic heterocycles. The largest absolute Gasteiger partial charge is 0.483 e. The minimum atomic E-state index is -1.11. The quantitative estimate of drug-likeness (QED) is 0.134. The van der Waals surface area contributed by atoms with Gasteiger partial charge in [-0.15, -0.1) is 0 Å². The number of rotatable bonds is 19. The first-order valence-corrected chi connectivity index (χ1v) is 15.3. The Kier molecular flexibility index (Phi) is 13.8. The molecule has 0 radical (unpaired) electrons. The molecule has 0 saturated carbocycles. The fourth-order valence-electron chi connectivity index (χ4n) is 4.99. The van der Waals surface area contributed by atoms with Crippen LogP contribution >= 0.6 is 0 Å². The summed E-state index contributed by atoms with van der Waals surface area (Å²) in [6.07, 6.45) is 7.74. The highest BCUT2D eigenvalue weighted by Gasteiger charge is 2.35. The summed E-state index contributed by atoms with van der Waals surface area (Å²) in [4.78, 5) is 54.2. The summed E-state index contributed by atoms with van der Waals surface area (Å²) in [6, 6.07) is 5.85. The van der Waals surface area contributed by atoms with E-state index in [4.69, 9.17) is 19.8 Å². The van der Waals surface area contributed by atoms with Crippen molar-refractivity contribution in [3.8, 4) is 5.75 Å². The van der Waals surface area contributed by atoms with E-state index in [0.717, 1.165) is 44.9 Å². The van der Waals surface area contributed by atoms with Crippen LogP contribution in [0.5, 0.6) is 5.75 Å². The first-order chi connectivity index (χ1) is 21.2. The highest BCUT2D eigenvalue weighted by molar-refractivity contribution is 6.37. The van der Waals surface area contributed by atoms with E-state index in [1.54, 1.807) is 17.0 Å². The zero-order valence-electron chi connectivity index (χ0n) is 25.6. The van der Waals surface area contributed by atoms with Gasteiger partial charge in [0.05, 0.1) is 12.3 Å². The molecular formula is C31H44N6O7. The van der Waals surface area contributed by atoms with E-state index in [2.05, 4.69) is 20.8 Å². The van der Waals surface area contributed by atoms with Crippen LogP contribution in [0.15, 0.2) is 28.8 Å². The summed E-state index contributed by atoms with van der Waals surface area (Å²) in [7, 11) is 0. The zero-order chi connectivity index (χ0) is 31.9. The maximum atomic E-state index is 12.7. The zero-order valence-corrected chi connectivity index (χ0v) is 25.6. The monoisotopic (exact) mass is 612 g/mol. The predicted octanol–water partition coefficient (Wildman–Crippen LogP) is 4.04. The smallest absolute Gasteiger partial charge is 0.339 e. The molecule has 0 aliphatic carbocycles. The van der Waals surface area contributed by atoms with Crippen molar-refractivity contribution in [2.24, 2.45) is 5.92 Å². The Morgan fingerprint density at radius 2 is 1.80 bits per heavy atom. The van der Waals surface area contributed by atoms with Crippen LogP contribution in [-0.4, -0.2) is 69.2 Å². The molecule has 1 aromatic carbocycles. The Morgan fingerprint density at radius 1 is 1.07 bits per heavy atom. The molecule has 13 nitrogen and oxygen atoms in total. The second-order valence-corrected chi connectivity index (χ2v) is 11.4. The predicted molar refractivity (Wildman–Crippen MR) is 161 cm³/mol. The van der Waals surface area contributed by atoms with Gasteiger partial charge in [0, 0.05) is 19.5 Å². The summed E-state index contributed by atoms with van der Waals surface area (Å²) in [5, 5.41) is 26.8. The summed E-state index contributed by atoms with van der Waals surface area (Å²) in [5.41, 5.74) is 0.106. The highest BCUT2D eigenvalue weighted by atomic mass is 16.5. The Hall–Kier alpha value is -4.29. The number of benzene rings is 1. The normalized spacial score (nSPS) is 14.4. The van der Waals surface area contributed by atoms with Crippen LogP contribution in [0.2, 0.25) is 0 Å². The van der Waals surface area contributed by atoms with Crippen LogP contribution in [0, 0.1) is 11.3 Å². The van der Waals surface area contributed by atoms with E-state index in [0.29, 0.717) is 44.1 Å². The van der Waals surface area contributed by atoms with Gasteiger partial charge in [0.25, 0.3) is 11.8 Å². The van der Waals surface area contributed by atoms with Gasteiger partial charge in [0.15, 0.2) is 12.4 Å². The third-order valence-corrected chi connectivity index (χ3v) is 7.23. The lowest BCUT2D eigenvalue weighted by atomic mass is 10.1. The van der Waals surface area contributed by atoms with Crippen molar-refractivity contribution in [2.75, 3.05) is 19.7 Å². The lowest BCUT2D eigenvalue weighted by molar-refractivity contribution is -0.125. The van der Waals surface area contributed by atoms with Gasteiger partial charge in [0.1, 0.15) is 17.4 Å². The molecule has 1 fully saturated rings. The first-order valence-electron chi connectivity index (χ1n) is 15.3. The Balaban J connectivity index is 1.22. The van der Waals surface area contributed by atoms with Crippen molar-refractivity contribution in [3.63, 3.8) is 0 Å². The third-order valence-electron chi connectivity index (χ3n) is 7.23. The van der Waals surface area contributed by atoms with E-state index >= 15 is 0 Å². The molecule has 13 heteroatoms. The number of nitrogens with one attached hydrogen (secondary N) is 3. The highest BCUT2D eigenvalue weighted by Crippen LogP contribution is 2.31. The second-order valence-electron chi connectivity index (χ2n) is 11.4. The lowest BCUT2D eigenvalue weighted by Crippen LogP contribution is -2.36. The number of carbonyl (C=O) groups excluding carboxylic acids is 3. The van der Waals surface area contributed by atoms with Crippen LogP contribution in [0.3, 0.4) is 0 Å². The molecule has 240 valence electrons. The summed E-state index contributed by atoms with van der Waals surface area (Å²) < 4.78 is 10.7. The number of carboxylic acid groups (broad SMARTS) is 1. The molecule has 1 saturated heterocycles. The molecule has 2 heterocycles. The fourth-order valence-corrected chi connectivity index (χ4v) is 4.99. The molecular weight excluding hydrogens is 568 g/mol. The number of amides is 3. The fraction of sp³-hybridized carbons (Fsp3) is 0.581. The molecule has 4 N–H and O–H groups in total. The summed E-state index contributed by atoms with van der Waals surface area (Å²) >= 11 is 0. The van der Waals surface area contributed by atoms with E-state index in [1.807, 2.05) is 13.8 Å². The van der Waals surface area contributed by atoms with Crippen molar-refractivity contribution in [2.45, 2.75) is 90.6 Å². The van der Waals surface area contributed by atoms with Gasteiger partial charge in [-0.05, 0) is 50.2 Å². The van der Waals surface area contributed by atoms with Crippen LogP contribution in [0.25, 0.3) is 0 Å². The van der Waals surface area contributed by atoms with Crippen molar-refractivity contribution in [1.82, 2.24) is 25.7 Å². The van der Waals surface area contributed by atoms with Crippen LogP contribution in [0.4, 0.5) is 0 Å². The number of carbonyl (C=O) groups is 4. The van der Waals surface area contributed by atoms with Gasteiger partial charge in [-0.25, -0.2) is 4.79 Å². The summed E-state index contributed by atoms with van der Waals surface area (Å²) in [6.45, 7) is 4.92. The summed E-state index contributed by atoms with van der Waals surface area (Å²) in [5.74, 6) is -0.708. The number of ether oxygens (including phenoxy) is 1. The molecule has 3 rings (SSSR count). The number of carboxylic acids is 1. The van der Waals surface area contributed by atoms with Crippen molar-refractivity contribution in [1.29, 1.82) is 5.41 Å². The van der Waals surface area contributed by atoms with E-state index in [9.17, 15) is 19.2 Å². The maximum absolute atomic E-state index is 12.7. The van der Waals surface area contributed by atoms with Gasteiger partial charge in [-0.1, -0.05) is 56.8 Å². The molecule has 1 atom stereocenters.